The third-order valence-corrected chi connectivity index (χ3v) is 9.22. The van der Waals surface area contributed by atoms with Gasteiger partial charge in [0.25, 0.3) is 0 Å². The SMILES string of the molecule is CCc1nc2c(N)ncc(-c3ccc(N4CCC(N5CCN(C)CC5)CC4)c(OCC(F)(F)F)c3)c2nc1NC1CCOCC1. The fourth-order valence-corrected chi connectivity index (χ4v) is 6.58. The highest BCUT2D eigenvalue weighted by Crippen LogP contribution is 2.39. The van der Waals surface area contributed by atoms with Crippen LogP contribution < -0.4 is 20.7 Å². The molecule has 1 aromatic carbocycles. The summed E-state index contributed by atoms with van der Waals surface area (Å²) >= 11 is 0. The van der Waals surface area contributed by atoms with Gasteiger partial charge in [0, 0.05) is 76.3 Å². The number of anilines is 3. The maximum absolute atomic E-state index is 13.4. The molecule has 0 spiro atoms. The number of nitrogens with one attached hydrogen (secondary N) is 1. The van der Waals surface area contributed by atoms with E-state index in [-0.39, 0.29) is 17.6 Å². The Morgan fingerprint density at radius 1 is 1.00 bits per heavy atom. The van der Waals surface area contributed by atoms with Crippen LogP contribution in [0.3, 0.4) is 0 Å². The van der Waals surface area contributed by atoms with Crippen molar-refractivity contribution in [1.82, 2.24) is 24.8 Å². The first-order chi connectivity index (χ1) is 21.7. The molecular formula is C32H43F3N8O2. The Morgan fingerprint density at radius 2 is 1.73 bits per heavy atom. The minimum atomic E-state index is -4.47. The molecule has 10 nitrogen and oxygen atoms in total. The molecule has 3 aliphatic heterocycles. The number of likely N-dealkylation sites (N-methyl/N-ethyl adjacent to an activating group) is 1. The van der Waals surface area contributed by atoms with E-state index in [1.54, 1.807) is 12.3 Å². The number of piperidine rings is 1. The Hall–Kier alpha value is -3.42. The lowest BCUT2D eigenvalue weighted by Crippen LogP contribution is -2.52. The molecule has 13 heteroatoms. The second kappa shape index (κ2) is 13.5. The fraction of sp³-hybridized carbons (Fsp3) is 0.594. The van der Waals surface area contributed by atoms with Gasteiger partial charge >= 0.3 is 6.18 Å². The van der Waals surface area contributed by atoms with E-state index in [4.69, 9.17) is 25.2 Å². The number of benzene rings is 1. The number of hydrogen-bond donors (Lipinski definition) is 2. The van der Waals surface area contributed by atoms with Crippen LogP contribution in [0.15, 0.2) is 24.4 Å². The molecule has 0 radical (unpaired) electrons. The van der Waals surface area contributed by atoms with Gasteiger partial charge < -0.3 is 30.3 Å². The number of nitrogens with zero attached hydrogens (tertiary/aromatic N) is 6. The Labute approximate surface area is 262 Å². The van der Waals surface area contributed by atoms with Gasteiger partial charge in [-0.1, -0.05) is 13.0 Å². The molecule has 0 aliphatic carbocycles. The van der Waals surface area contributed by atoms with Crippen molar-refractivity contribution in [1.29, 1.82) is 0 Å². The molecule has 0 bridgehead atoms. The van der Waals surface area contributed by atoms with E-state index in [9.17, 15) is 13.2 Å². The normalized spacial score (nSPS) is 19.7. The van der Waals surface area contributed by atoms with Gasteiger partial charge in [0.1, 0.15) is 22.6 Å². The number of fused-ring (bicyclic) bond motifs is 1. The number of nitrogen functional groups attached to an aromatic ring is 1. The lowest BCUT2D eigenvalue weighted by molar-refractivity contribution is -0.153. The number of aryl methyl sites for hydroxylation is 1. The van der Waals surface area contributed by atoms with Crippen molar-refractivity contribution in [2.75, 3.05) is 82.1 Å². The minimum Gasteiger partial charge on any atom is -0.482 e. The molecule has 3 aromatic rings. The number of piperazine rings is 1. The predicted octanol–water partition coefficient (Wildman–Crippen LogP) is 4.58. The molecule has 3 N–H and O–H groups in total. The second-order valence-electron chi connectivity index (χ2n) is 12.3. The topological polar surface area (TPSA) is 105 Å². The molecule has 0 atom stereocenters. The van der Waals surface area contributed by atoms with Crippen LogP contribution in [-0.2, 0) is 11.2 Å². The van der Waals surface area contributed by atoms with Gasteiger partial charge in [0.2, 0.25) is 0 Å². The molecule has 0 saturated carbocycles. The summed E-state index contributed by atoms with van der Waals surface area (Å²) in [5.74, 6) is 1.12. The molecule has 244 valence electrons. The van der Waals surface area contributed by atoms with Gasteiger partial charge in [-0.15, -0.1) is 0 Å². The molecule has 0 amide bonds. The zero-order valence-electron chi connectivity index (χ0n) is 26.1. The van der Waals surface area contributed by atoms with Gasteiger partial charge in [-0.05, 0) is 56.8 Å². The van der Waals surface area contributed by atoms with E-state index in [2.05, 4.69) is 32.0 Å². The molecule has 3 saturated heterocycles. The lowest BCUT2D eigenvalue weighted by Gasteiger charge is -2.42. The van der Waals surface area contributed by atoms with Gasteiger partial charge in [-0.2, -0.15) is 13.2 Å². The average Bonchev–Trinajstić information content (AvgIpc) is 3.04. The standard InChI is InChI=1S/C32H43F3N8O2/c1-3-25-31(38-22-8-16-44-17-9-22)40-28-24(19-37-30(36)29(28)39-25)21-4-5-26(27(18-21)45-20-32(33,34)35)43-10-6-23(7-11-43)42-14-12-41(2)13-15-42/h4-5,18-19,22-23H,3,6-17,20H2,1-2H3,(H2,36,37)(H,38,40). The van der Waals surface area contributed by atoms with E-state index < -0.39 is 12.8 Å². The molecule has 3 aliphatic rings. The number of pyridine rings is 1. The summed E-state index contributed by atoms with van der Waals surface area (Å²) < 4.78 is 51.1. The van der Waals surface area contributed by atoms with Crippen molar-refractivity contribution in [2.24, 2.45) is 0 Å². The number of ether oxygens (including phenoxy) is 2. The first-order valence-corrected chi connectivity index (χ1v) is 16.0. The van der Waals surface area contributed by atoms with Crippen molar-refractivity contribution in [3.05, 3.63) is 30.1 Å². The van der Waals surface area contributed by atoms with Crippen LogP contribution in [0, 0.1) is 0 Å². The maximum atomic E-state index is 13.4. The van der Waals surface area contributed by atoms with Crippen LogP contribution in [0.2, 0.25) is 0 Å². The number of halogens is 3. The summed E-state index contributed by atoms with van der Waals surface area (Å²) in [5, 5.41) is 3.54. The van der Waals surface area contributed by atoms with E-state index >= 15 is 0 Å². The minimum absolute atomic E-state index is 0.187. The van der Waals surface area contributed by atoms with Crippen molar-refractivity contribution in [2.45, 2.75) is 57.3 Å². The van der Waals surface area contributed by atoms with Gasteiger partial charge in [-0.25, -0.2) is 15.0 Å². The molecule has 45 heavy (non-hydrogen) atoms. The van der Waals surface area contributed by atoms with Crippen LogP contribution >= 0.6 is 0 Å². The van der Waals surface area contributed by atoms with Crippen molar-refractivity contribution in [3.63, 3.8) is 0 Å². The van der Waals surface area contributed by atoms with Crippen LogP contribution in [0.5, 0.6) is 5.75 Å². The van der Waals surface area contributed by atoms with E-state index in [0.29, 0.717) is 59.3 Å². The quantitative estimate of drug-likeness (QED) is 0.368. The Bertz CT molecular complexity index is 1470. The van der Waals surface area contributed by atoms with Crippen molar-refractivity contribution >= 4 is 28.4 Å². The van der Waals surface area contributed by atoms with Crippen LogP contribution in [0.25, 0.3) is 22.2 Å². The summed E-state index contributed by atoms with van der Waals surface area (Å²) in [4.78, 5) is 21.3. The predicted molar refractivity (Wildman–Crippen MR) is 170 cm³/mol. The molecule has 0 unspecified atom stereocenters. The Kier molecular flexibility index (Phi) is 9.48. The van der Waals surface area contributed by atoms with E-state index in [1.165, 1.54) is 0 Å². The first kappa shape index (κ1) is 31.6. The smallest absolute Gasteiger partial charge is 0.422 e. The molecule has 2 aromatic heterocycles. The molecular weight excluding hydrogens is 585 g/mol. The van der Waals surface area contributed by atoms with Gasteiger partial charge in [0.05, 0.1) is 11.4 Å². The Balaban J connectivity index is 1.31. The van der Waals surface area contributed by atoms with E-state index in [1.807, 2.05) is 19.1 Å². The number of aromatic nitrogens is 3. The molecule has 6 rings (SSSR count). The second-order valence-corrected chi connectivity index (χ2v) is 12.3. The Morgan fingerprint density at radius 3 is 2.42 bits per heavy atom. The van der Waals surface area contributed by atoms with Crippen LogP contribution in [-0.4, -0.2) is 109 Å². The third kappa shape index (κ3) is 7.36. The summed E-state index contributed by atoms with van der Waals surface area (Å²) in [6.45, 7) is 7.71. The summed E-state index contributed by atoms with van der Waals surface area (Å²) in [6.07, 6.45) is 1.42. The summed E-state index contributed by atoms with van der Waals surface area (Å²) in [6, 6.07) is 6.11. The fourth-order valence-electron chi connectivity index (χ4n) is 6.58. The monoisotopic (exact) mass is 628 g/mol. The van der Waals surface area contributed by atoms with Crippen molar-refractivity contribution < 1.29 is 22.6 Å². The number of rotatable bonds is 8. The van der Waals surface area contributed by atoms with Gasteiger partial charge in [0.15, 0.2) is 12.4 Å². The highest BCUT2D eigenvalue weighted by atomic mass is 19.4. The molecule has 3 fully saturated rings. The largest absolute Gasteiger partial charge is 0.482 e. The zero-order valence-corrected chi connectivity index (χ0v) is 26.1. The third-order valence-electron chi connectivity index (χ3n) is 9.22. The highest BCUT2D eigenvalue weighted by Gasteiger charge is 2.31. The number of hydrogen-bond acceptors (Lipinski definition) is 10. The van der Waals surface area contributed by atoms with Crippen LogP contribution in [0.1, 0.15) is 38.3 Å². The van der Waals surface area contributed by atoms with Gasteiger partial charge in [-0.3, -0.25) is 4.90 Å². The summed E-state index contributed by atoms with van der Waals surface area (Å²) in [7, 11) is 2.15. The lowest BCUT2D eigenvalue weighted by atomic mass is 10.00. The first-order valence-electron chi connectivity index (χ1n) is 16.0. The average molecular weight is 629 g/mol. The van der Waals surface area contributed by atoms with Crippen LogP contribution in [0.4, 0.5) is 30.5 Å². The maximum Gasteiger partial charge on any atom is 0.422 e. The summed E-state index contributed by atoms with van der Waals surface area (Å²) in [5.41, 5.74) is 9.98. The van der Waals surface area contributed by atoms with Crippen molar-refractivity contribution in [3.8, 4) is 16.9 Å². The number of nitrogens with two attached hydrogens (primary N) is 1. The zero-order chi connectivity index (χ0) is 31.6. The molecule has 5 heterocycles. The van der Waals surface area contributed by atoms with E-state index in [0.717, 1.165) is 70.6 Å². The number of alkyl halides is 3. The highest BCUT2D eigenvalue weighted by molar-refractivity contribution is 5.97.